The minimum Gasteiger partial charge on any atom is -0.345 e. The SMILES string of the molecule is CN1CCC(CN(C)C(=O)CCC2CCCNC2)CC1. The summed E-state index contributed by atoms with van der Waals surface area (Å²) < 4.78 is 0. The van der Waals surface area contributed by atoms with Crippen molar-refractivity contribution in [3.05, 3.63) is 0 Å². The number of nitrogens with zero attached hydrogens (tertiary/aromatic N) is 2. The van der Waals surface area contributed by atoms with E-state index in [1.165, 1.54) is 38.8 Å². The minimum absolute atomic E-state index is 0.342. The van der Waals surface area contributed by atoms with E-state index in [9.17, 15) is 4.79 Å². The molecular formula is C16H31N3O. The quantitative estimate of drug-likeness (QED) is 0.831. The van der Waals surface area contributed by atoms with Gasteiger partial charge in [-0.3, -0.25) is 4.79 Å². The second kappa shape index (κ2) is 7.99. The van der Waals surface area contributed by atoms with E-state index in [0.29, 0.717) is 17.7 Å². The van der Waals surface area contributed by atoms with Crippen LogP contribution in [0.3, 0.4) is 0 Å². The second-order valence-electron chi connectivity index (χ2n) is 6.77. The number of hydrogen-bond acceptors (Lipinski definition) is 3. The van der Waals surface area contributed by atoms with Gasteiger partial charge in [0.15, 0.2) is 0 Å². The Morgan fingerprint density at radius 2 is 2.00 bits per heavy atom. The van der Waals surface area contributed by atoms with Gasteiger partial charge in [-0.25, -0.2) is 0 Å². The number of carbonyl (C=O) groups excluding carboxylic acids is 1. The van der Waals surface area contributed by atoms with Crippen molar-refractivity contribution >= 4 is 5.91 Å². The van der Waals surface area contributed by atoms with Crippen LogP contribution in [0.2, 0.25) is 0 Å². The molecule has 1 atom stereocenters. The molecule has 1 amide bonds. The number of hydrogen-bond donors (Lipinski definition) is 1. The fraction of sp³-hybridized carbons (Fsp3) is 0.938. The van der Waals surface area contributed by atoms with E-state index >= 15 is 0 Å². The number of rotatable bonds is 5. The van der Waals surface area contributed by atoms with Crippen molar-refractivity contribution in [1.82, 2.24) is 15.1 Å². The first-order valence-electron chi connectivity index (χ1n) is 8.28. The van der Waals surface area contributed by atoms with Gasteiger partial charge in [0.05, 0.1) is 0 Å². The Balaban J connectivity index is 1.63. The molecular weight excluding hydrogens is 250 g/mol. The first-order chi connectivity index (χ1) is 9.65. The molecule has 0 spiro atoms. The highest BCUT2D eigenvalue weighted by atomic mass is 16.2. The maximum Gasteiger partial charge on any atom is 0.222 e. The first kappa shape index (κ1) is 15.8. The molecule has 1 N–H and O–H groups in total. The van der Waals surface area contributed by atoms with E-state index < -0.39 is 0 Å². The summed E-state index contributed by atoms with van der Waals surface area (Å²) in [6.45, 7) is 5.57. The normalized spacial score (nSPS) is 25.6. The van der Waals surface area contributed by atoms with Crippen molar-refractivity contribution in [1.29, 1.82) is 0 Å². The lowest BCUT2D eigenvalue weighted by Gasteiger charge is -2.32. The third-order valence-electron chi connectivity index (χ3n) is 4.96. The third-order valence-corrected chi connectivity index (χ3v) is 4.96. The lowest BCUT2D eigenvalue weighted by atomic mass is 9.94. The van der Waals surface area contributed by atoms with Crippen molar-refractivity contribution in [2.24, 2.45) is 11.8 Å². The molecule has 2 fully saturated rings. The van der Waals surface area contributed by atoms with Crippen LogP contribution in [-0.4, -0.2) is 62.5 Å². The largest absolute Gasteiger partial charge is 0.345 e. The molecule has 116 valence electrons. The van der Waals surface area contributed by atoms with Gasteiger partial charge in [0.2, 0.25) is 5.91 Å². The molecule has 0 aromatic heterocycles. The van der Waals surface area contributed by atoms with Gasteiger partial charge in [0.25, 0.3) is 0 Å². The van der Waals surface area contributed by atoms with Crippen molar-refractivity contribution in [2.45, 2.75) is 38.5 Å². The van der Waals surface area contributed by atoms with Gasteiger partial charge in [-0.05, 0) is 77.2 Å². The number of nitrogens with one attached hydrogen (secondary N) is 1. The Bertz CT molecular complexity index is 294. The van der Waals surface area contributed by atoms with Crippen LogP contribution in [0.1, 0.15) is 38.5 Å². The first-order valence-corrected chi connectivity index (χ1v) is 8.28. The summed E-state index contributed by atoms with van der Waals surface area (Å²) in [7, 11) is 4.17. The van der Waals surface area contributed by atoms with Crippen LogP contribution < -0.4 is 5.32 Å². The average Bonchev–Trinajstić information content (AvgIpc) is 2.48. The monoisotopic (exact) mass is 281 g/mol. The van der Waals surface area contributed by atoms with Crippen LogP contribution >= 0.6 is 0 Å². The zero-order valence-electron chi connectivity index (χ0n) is 13.2. The fourth-order valence-electron chi connectivity index (χ4n) is 3.42. The van der Waals surface area contributed by atoms with Crippen molar-refractivity contribution in [2.75, 3.05) is 46.8 Å². The molecule has 0 saturated carbocycles. The maximum absolute atomic E-state index is 12.2. The number of likely N-dealkylation sites (tertiary alicyclic amines) is 1. The van der Waals surface area contributed by atoms with Crippen LogP contribution in [0.25, 0.3) is 0 Å². The molecule has 20 heavy (non-hydrogen) atoms. The van der Waals surface area contributed by atoms with E-state index in [0.717, 1.165) is 32.5 Å². The number of amides is 1. The van der Waals surface area contributed by atoms with E-state index in [1.807, 2.05) is 11.9 Å². The van der Waals surface area contributed by atoms with E-state index in [1.54, 1.807) is 0 Å². The highest BCUT2D eigenvalue weighted by Gasteiger charge is 2.21. The summed E-state index contributed by atoms with van der Waals surface area (Å²) in [4.78, 5) is 16.6. The predicted octanol–water partition coefficient (Wildman–Crippen LogP) is 1.57. The molecule has 0 aromatic carbocycles. The van der Waals surface area contributed by atoms with Crippen LogP contribution in [0.4, 0.5) is 0 Å². The highest BCUT2D eigenvalue weighted by molar-refractivity contribution is 5.75. The molecule has 1 unspecified atom stereocenters. The summed E-state index contributed by atoms with van der Waals surface area (Å²) in [5.41, 5.74) is 0. The molecule has 2 rings (SSSR count). The van der Waals surface area contributed by atoms with Gasteiger partial charge >= 0.3 is 0 Å². The Kier molecular flexibility index (Phi) is 6.30. The van der Waals surface area contributed by atoms with Gasteiger partial charge in [-0.1, -0.05) is 0 Å². The Hall–Kier alpha value is -0.610. The maximum atomic E-state index is 12.2. The Labute approximate surface area is 123 Å². The predicted molar refractivity (Wildman–Crippen MR) is 82.7 cm³/mol. The topological polar surface area (TPSA) is 35.6 Å². The minimum atomic E-state index is 0.342. The molecule has 4 nitrogen and oxygen atoms in total. The molecule has 4 heteroatoms. The lowest BCUT2D eigenvalue weighted by Crippen LogP contribution is -2.38. The standard InChI is InChI=1S/C16H31N3O/c1-18-10-7-15(8-11-18)13-19(2)16(20)6-5-14-4-3-9-17-12-14/h14-15,17H,3-13H2,1-2H3. The summed E-state index contributed by atoms with van der Waals surface area (Å²) in [6.07, 6.45) is 6.82. The third kappa shape index (κ3) is 5.06. The van der Waals surface area contributed by atoms with Crippen LogP contribution in [-0.2, 0) is 4.79 Å². The molecule has 0 aliphatic carbocycles. The molecule has 0 aromatic rings. The number of piperidine rings is 2. The molecule has 2 heterocycles. The Morgan fingerprint density at radius 3 is 2.65 bits per heavy atom. The smallest absolute Gasteiger partial charge is 0.222 e. The van der Waals surface area contributed by atoms with Crippen LogP contribution in [0.15, 0.2) is 0 Å². The fourth-order valence-corrected chi connectivity index (χ4v) is 3.42. The summed E-state index contributed by atoms with van der Waals surface area (Å²) in [5, 5.41) is 3.43. The zero-order valence-corrected chi connectivity index (χ0v) is 13.2. The molecule has 2 saturated heterocycles. The zero-order chi connectivity index (χ0) is 14.4. The van der Waals surface area contributed by atoms with Crippen molar-refractivity contribution in [3.63, 3.8) is 0 Å². The van der Waals surface area contributed by atoms with Gasteiger partial charge in [-0.15, -0.1) is 0 Å². The molecule has 0 radical (unpaired) electrons. The number of carbonyl (C=O) groups is 1. The van der Waals surface area contributed by atoms with Crippen LogP contribution in [0, 0.1) is 11.8 Å². The van der Waals surface area contributed by atoms with Gasteiger partial charge < -0.3 is 15.1 Å². The van der Waals surface area contributed by atoms with E-state index in [2.05, 4.69) is 17.3 Å². The van der Waals surface area contributed by atoms with Gasteiger partial charge in [-0.2, -0.15) is 0 Å². The van der Waals surface area contributed by atoms with Crippen LogP contribution in [0.5, 0.6) is 0 Å². The van der Waals surface area contributed by atoms with Crippen molar-refractivity contribution < 1.29 is 4.79 Å². The summed E-state index contributed by atoms with van der Waals surface area (Å²) in [5.74, 6) is 1.76. The highest BCUT2D eigenvalue weighted by Crippen LogP contribution is 2.19. The average molecular weight is 281 g/mol. The summed E-state index contributed by atoms with van der Waals surface area (Å²) in [6, 6.07) is 0. The van der Waals surface area contributed by atoms with E-state index in [-0.39, 0.29) is 0 Å². The molecule has 2 aliphatic rings. The second-order valence-corrected chi connectivity index (χ2v) is 6.77. The lowest BCUT2D eigenvalue weighted by molar-refractivity contribution is -0.131. The molecule has 2 aliphatic heterocycles. The van der Waals surface area contributed by atoms with Gasteiger partial charge in [0.1, 0.15) is 0 Å². The van der Waals surface area contributed by atoms with Crippen molar-refractivity contribution in [3.8, 4) is 0 Å². The Morgan fingerprint density at radius 1 is 1.25 bits per heavy atom. The summed E-state index contributed by atoms with van der Waals surface area (Å²) >= 11 is 0. The molecule has 0 bridgehead atoms. The van der Waals surface area contributed by atoms with E-state index in [4.69, 9.17) is 0 Å². The van der Waals surface area contributed by atoms with Gasteiger partial charge in [0, 0.05) is 20.0 Å².